The fourth-order valence-corrected chi connectivity index (χ4v) is 1.34. The molecule has 1 aliphatic rings. The summed E-state index contributed by atoms with van der Waals surface area (Å²) in [5, 5.41) is 8.77. The quantitative estimate of drug-likeness (QED) is 0.611. The maximum atomic E-state index is 8.77. The van der Waals surface area contributed by atoms with Gasteiger partial charge in [-0.05, 0) is 25.7 Å². The summed E-state index contributed by atoms with van der Waals surface area (Å²) in [6.45, 7) is 3.91. The molecule has 2 nitrogen and oxygen atoms in total. The maximum Gasteiger partial charge on any atom is 0.0639 e. The largest absolute Gasteiger partial charge is 0.392 e. The summed E-state index contributed by atoms with van der Waals surface area (Å²) in [4.78, 5) is 0. The third kappa shape index (κ3) is 3.04. The van der Waals surface area contributed by atoms with Crippen LogP contribution in [-0.4, -0.2) is 24.9 Å². The SMILES string of the molecule is C/C(=C\C1CCOCC1)CO. The smallest absolute Gasteiger partial charge is 0.0639 e. The minimum atomic E-state index is 0.192. The first kappa shape index (κ1) is 8.75. The normalized spacial score (nSPS) is 22.2. The first-order valence-electron chi connectivity index (χ1n) is 4.19. The van der Waals surface area contributed by atoms with E-state index in [1.165, 1.54) is 0 Å². The standard InChI is InChI=1S/C9H16O2/c1-8(7-10)6-9-2-4-11-5-3-9/h6,9-10H,2-5,7H2,1H3/b8-6+. The van der Waals surface area contributed by atoms with E-state index >= 15 is 0 Å². The molecule has 1 aliphatic heterocycles. The monoisotopic (exact) mass is 156 g/mol. The van der Waals surface area contributed by atoms with Gasteiger partial charge in [0.05, 0.1) is 6.61 Å². The van der Waals surface area contributed by atoms with Crippen molar-refractivity contribution in [3.8, 4) is 0 Å². The predicted molar refractivity (Wildman–Crippen MR) is 44.4 cm³/mol. The Labute approximate surface area is 67.9 Å². The fourth-order valence-electron chi connectivity index (χ4n) is 1.34. The van der Waals surface area contributed by atoms with Crippen molar-refractivity contribution in [2.75, 3.05) is 19.8 Å². The Morgan fingerprint density at radius 1 is 1.55 bits per heavy atom. The van der Waals surface area contributed by atoms with Crippen molar-refractivity contribution in [1.29, 1.82) is 0 Å². The summed E-state index contributed by atoms with van der Waals surface area (Å²) < 4.78 is 5.22. The van der Waals surface area contributed by atoms with E-state index in [4.69, 9.17) is 9.84 Å². The number of aliphatic hydroxyl groups is 1. The average molecular weight is 156 g/mol. The molecule has 0 spiro atoms. The molecule has 1 fully saturated rings. The lowest BCUT2D eigenvalue weighted by Gasteiger charge is -2.19. The summed E-state index contributed by atoms with van der Waals surface area (Å²) in [5.41, 5.74) is 1.08. The molecular weight excluding hydrogens is 140 g/mol. The van der Waals surface area contributed by atoms with Gasteiger partial charge in [-0.25, -0.2) is 0 Å². The molecule has 0 atom stereocenters. The van der Waals surface area contributed by atoms with Gasteiger partial charge < -0.3 is 9.84 Å². The van der Waals surface area contributed by atoms with Gasteiger partial charge in [0.15, 0.2) is 0 Å². The third-order valence-electron chi connectivity index (χ3n) is 2.04. The number of hydrogen-bond acceptors (Lipinski definition) is 2. The van der Waals surface area contributed by atoms with Gasteiger partial charge in [0, 0.05) is 13.2 Å². The van der Waals surface area contributed by atoms with Gasteiger partial charge in [-0.15, -0.1) is 0 Å². The summed E-state index contributed by atoms with van der Waals surface area (Å²) >= 11 is 0. The molecule has 1 N–H and O–H groups in total. The summed E-state index contributed by atoms with van der Waals surface area (Å²) in [6.07, 6.45) is 4.39. The van der Waals surface area contributed by atoms with Crippen molar-refractivity contribution in [2.24, 2.45) is 5.92 Å². The van der Waals surface area contributed by atoms with Crippen LogP contribution in [-0.2, 0) is 4.74 Å². The first-order valence-corrected chi connectivity index (χ1v) is 4.19. The zero-order valence-electron chi connectivity index (χ0n) is 7.05. The van der Waals surface area contributed by atoms with Crippen LogP contribution in [0.5, 0.6) is 0 Å². The van der Waals surface area contributed by atoms with Crippen LogP contribution in [0.25, 0.3) is 0 Å². The summed E-state index contributed by atoms with van der Waals surface area (Å²) in [6, 6.07) is 0. The predicted octanol–water partition coefficient (Wildman–Crippen LogP) is 1.35. The number of ether oxygens (including phenoxy) is 1. The molecule has 0 saturated carbocycles. The van der Waals surface area contributed by atoms with Crippen LogP contribution in [0, 0.1) is 5.92 Å². The van der Waals surface area contributed by atoms with Crippen LogP contribution in [0.2, 0.25) is 0 Å². The van der Waals surface area contributed by atoms with Crippen molar-refractivity contribution in [1.82, 2.24) is 0 Å². The average Bonchev–Trinajstić information content (AvgIpc) is 2.06. The molecule has 0 aromatic carbocycles. The molecule has 0 aromatic rings. The van der Waals surface area contributed by atoms with Gasteiger partial charge in [0.2, 0.25) is 0 Å². The highest BCUT2D eigenvalue weighted by atomic mass is 16.5. The van der Waals surface area contributed by atoms with Crippen molar-refractivity contribution in [3.05, 3.63) is 11.6 Å². The Morgan fingerprint density at radius 2 is 2.18 bits per heavy atom. The van der Waals surface area contributed by atoms with Gasteiger partial charge in [0.25, 0.3) is 0 Å². The molecule has 1 rings (SSSR count). The van der Waals surface area contributed by atoms with Crippen molar-refractivity contribution in [2.45, 2.75) is 19.8 Å². The molecule has 0 unspecified atom stereocenters. The lowest BCUT2D eigenvalue weighted by atomic mass is 9.98. The van der Waals surface area contributed by atoms with E-state index in [2.05, 4.69) is 6.08 Å². The van der Waals surface area contributed by atoms with E-state index in [1.54, 1.807) is 0 Å². The molecule has 0 amide bonds. The lowest BCUT2D eigenvalue weighted by molar-refractivity contribution is 0.0782. The molecule has 0 bridgehead atoms. The molecule has 1 heterocycles. The van der Waals surface area contributed by atoms with E-state index in [9.17, 15) is 0 Å². The van der Waals surface area contributed by atoms with Crippen LogP contribution in [0.4, 0.5) is 0 Å². The maximum absolute atomic E-state index is 8.77. The summed E-state index contributed by atoms with van der Waals surface area (Å²) in [5.74, 6) is 0.635. The van der Waals surface area contributed by atoms with Crippen LogP contribution in [0.3, 0.4) is 0 Å². The molecule has 1 saturated heterocycles. The Bertz CT molecular complexity index is 134. The van der Waals surface area contributed by atoms with E-state index in [0.717, 1.165) is 31.6 Å². The summed E-state index contributed by atoms with van der Waals surface area (Å²) in [7, 11) is 0. The Kier molecular flexibility index (Phi) is 3.60. The molecule has 64 valence electrons. The molecule has 0 aliphatic carbocycles. The number of allylic oxidation sites excluding steroid dienone is 1. The molecule has 2 heteroatoms. The zero-order chi connectivity index (χ0) is 8.10. The van der Waals surface area contributed by atoms with Gasteiger partial charge in [-0.2, -0.15) is 0 Å². The highest BCUT2D eigenvalue weighted by Gasteiger charge is 2.10. The Hall–Kier alpha value is -0.340. The number of aliphatic hydroxyl groups excluding tert-OH is 1. The second-order valence-corrected chi connectivity index (χ2v) is 3.12. The topological polar surface area (TPSA) is 29.5 Å². The minimum Gasteiger partial charge on any atom is -0.392 e. The molecule has 11 heavy (non-hydrogen) atoms. The van der Waals surface area contributed by atoms with Crippen LogP contribution >= 0.6 is 0 Å². The highest BCUT2D eigenvalue weighted by molar-refractivity contribution is 5.01. The van der Waals surface area contributed by atoms with E-state index in [-0.39, 0.29) is 6.61 Å². The molecular formula is C9H16O2. The van der Waals surface area contributed by atoms with Crippen LogP contribution in [0.15, 0.2) is 11.6 Å². The van der Waals surface area contributed by atoms with Crippen molar-refractivity contribution >= 4 is 0 Å². The molecule has 0 radical (unpaired) electrons. The van der Waals surface area contributed by atoms with E-state index in [1.807, 2.05) is 6.92 Å². The third-order valence-corrected chi connectivity index (χ3v) is 2.04. The Morgan fingerprint density at radius 3 is 2.73 bits per heavy atom. The fraction of sp³-hybridized carbons (Fsp3) is 0.778. The minimum absolute atomic E-state index is 0.192. The van der Waals surface area contributed by atoms with Crippen molar-refractivity contribution < 1.29 is 9.84 Å². The van der Waals surface area contributed by atoms with Gasteiger partial charge in [-0.3, -0.25) is 0 Å². The lowest BCUT2D eigenvalue weighted by Crippen LogP contribution is -2.14. The highest BCUT2D eigenvalue weighted by Crippen LogP contribution is 2.17. The van der Waals surface area contributed by atoms with E-state index in [0.29, 0.717) is 5.92 Å². The van der Waals surface area contributed by atoms with Gasteiger partial charge >= 0.3 is 0 Å². The van der Waals surface area contributed by atoms with Crippen molar-refractivity contribution in [3.63, 3.8) is 0 Å². The second kappa shape index (κ2) is 4.52. The van der Waals surface area contributed by atoms with Gasteiger partial charge in [0.1, 0.15) is 0 Å². The number of hydrogen-bond donors (Lipinski definition) is 1. The number of rotatable bonds is 2. The first-order chi connectivity index (χ1) is 5.33. The van der Waals surface area contributed by atoms with Gasteiger partial charge in [-0.1, -0.05) is 11.6 Å². The zero-order valence-corrected chi connectivity index (χ0v) is 7.05. The van der Waals surface area contributed by atoms with Crippen LogP contribution in [0.1, 0.15) is 19.8 Å². The molecule has 0 aromatic heterocycles. The van der Waals surface area contributed by atoms with Crippen LogP contribution < -0.4 is 0 Å². The Balaban J connectivity index is 2.34. The second-order valence-electron chi connectivity index (χ2n) is 3.12. The van der Waals surface area contributed by atoms with E-state index < -0.39 is 0 Å².